The van der Waals surface area contributed by atoms with Gasteiger partial charge >= 0.3 is 0 Å². The molecule has 2 aliphatic rings. The Morgan fingerprint density at radius 2 is 1.25 bits per heavy atom. The lowest BCUT2D eigenvalue weighted by Gasteiger charge is -2.13. The normalized spacial score (nSPS) is 18.6. The van der Waals surface area contributed by atoms with E-state index < -0.39 is 28.9 Å². The minimum atomic E-state index is -1.66. The maximum Gasteiger partial charge on any atom is 0.271 e. The van der Waals surface area contributed by atoms with Crippen molar-refractivity contribution in [1.29, 1.82) is 0 Å². The molecule has 4 amide bonds. The number of carbonyl (C=O) groups is 4. The summed E-state index contributed by atoms with van der Waals surface area (Å²) in [5.41, 5.74) is 12.2. The second kappa shape index (κ2) is 16.0. The average molecular weight is 832 g/mol. The van der Waals surface area contributed by atoms with Gasteiger partial charge in [0.25, 0.3) is 23.6 Å². The molecule has 16 nitrogen and oxygen atoms in total. The molecule has 0 unspecified atom stereocenters. The highest BCUT2D eigenvalue weighted by atomic mass is 79.9. The van der Waals surface area contributed by atoms with E-state index in [2.05, 4.69) is 53.9 Å². The van der Waals surface area contributed by atoms with Crippen LogP contribution in [0, 0.1) is 24.2 Å². The van der Waals surface area contributed by atoms with Crippen LogP contribution < -0.4 is 11.5 Å². The van der Waals surface area contributed by atoms with Crippen molar-refractivity contribution in [2.24, 2.45) is 11.5 Å². The van der Waals surface area contributed by atoms with Gasteiger partial charge < -0.3 is 31.5 Å². The van der Waals surface area contributed by atoms with Crippen molar-refractivity contribution in [3.63, 3.8) is 0 Å². The first-order valence-corrected chi connectivity index (χ1v) is 18.1. The number of benzene rings is 2. The molecule has 17 heteroatoms. The van der Waals surface area contributed by atoms with Crippen molar-refractivity contribution in [2.45, 2.75) is 24.0 Å². The van der Waals surface area contributed by atoms with Crippen LogP contribution in [-0.4, -0.2) is 112 Å². The number of halogens is 1. The number of rotatable bonds is 4. The number of hydrogen-bond donors (Lipinski definition) is 4. The van der Waals surface area contributed by atoms with Crippen molar-refractivity contribution in [1.82, 2.24) is 39.3 Å². The largest absolute Gasteiger partial charge is 0.369 e. The quantitative estimate of drug-likeness (QED) is 0.189. The van der Waals surface area contributed by atoms with Gasteiger partial charge in [-0.1, -0.05) is 45.8 Å². The zero-order valence-corrected chi connectivity index (χ0v) is 32.2. The summed E-state index contributed by atoms with van der Waals surface area (Å²) < 4.78 is 4.16. The fourth-order valence-electron chi connectivity index (χ4n) is 6.08. The minimum absolute atomic E-state index is 0.0842. The molecule has 0 saturated carbocycles. The van der Waals surface area contributed by atoms with Crippen LogP contribution in [0.4, 0.5) is 0 Å². The van der Waals surface area contributed by atoms with Crippen LogP contribution >= 0.6 is 15.9 Å². The van der Waals surface area contributed by atoms with Gasteiger partial charge in [0.1, 0.15) is 11.0 Å². The monoisotopic (exact) mass is 830 g/mol. The van der Waals surface area contributed by atoms with Crippen LogP contribution in [0.25, 0.3) is 33.4 Å². The van der Waals surface area contributed by atoms with Gasteiger partial charge in [-0.25, -0.2) is 9.36 Å². The molecule has 2 fully saturated rings. The fraction of sp³-hybridized carbons (Fsp3) is 0.200. The molecular formula is C40H35BrN10O6. The van der Waals surface area contributed by atoms with Gasteiger partial charge in [-0.05, 0) is 60.7 Å². The van der Waals surface area contributed by atoms with Gasteiger partial charge in [0.05, 0.1) is 22.4 Å². The molecule has 0 radical (unpaired) electrons. The Kier molecular flexibility index (Phi) is 11.2. The smallest absolute Gasteiger partial charge is 0.271 e. The lowest BCUT2D eigenvalue weighted by molar-refractivity contribution is -0.138. The number of primary amides is 2. The molecule has 0 bridgehead atoms. The molecule has 57 heavy (non-hydrogen) atoms. The van der Waals surface area contributed by atoms with E-state index >= 15 is 0 Å². The van der Waals surface area contributed by atoms with Crippen molar-refractivity contribution < 1.29 is 29.4 Å². The van der Waals surface area contributed by atoms with Gasteiger partial charge in [0, 0.05) is 62.5 Å². The molecule has 8 rings (SSSR count). The molecule has 0 spiro atoms. The fourth-order valence-corrected chi connectivity index (χ4v) is 6.47. The van der Waals surface area contributed by atoms with Crippen molar-refractivity contribution in [3.8, 4) is 35.6 Å². The summed E-state index contributed by atoms with van der Waals surface area (Å²) in [5.74, 6) is 5.64. The first-order chi connectivity index (χ1) is 27.2. The minimum Gasteiger partial charge on any atom is -0.369 e. The molecule has 2 aromatic carbocycles. The summed E-state index contributed by atoms with van der Waals surface area (Å²) in [5, 5.41) is 28.3. The number of nitrogens with zero attached hydrogens (tertiary/aromatic N) is 8. The number of likely N-dealkylation sites (tertiary alicyclic amines) is 2. The van der Waals surface area contributed by atoms with E-state index in [9.17, 15) is 29.4 Å². The third-order valence-electron chi connectivity index (χ3n) is 9.16. The summed E-state index contributed by atoms with van der Waals surface area (Å²) in [4.78, 5) is 57.4. The predicted molar refractivity (Wildman–Crippen MR) is 213 cm³/mol. The zero-order valence-electron chi connectivity index (χ0n) is 30.6. The number of carbonyl (C=O) groups excluding carboxylic acids is 4. The van der Waals surface area contributed by atoms with Gasteiger partial charge in [-0.3, -0.25) is 29.1 Å². The number of likely N-dealkylation sites (N-methyl/N-ethyl adjacent to an activating group) is 2. The van der Waals surface area contributed by atoms with Crippen LogP contribution in [0.15, 0.2) is 89.7 Å². The standard InChI is InChI=1S/C20H17N5O3.C13H9BrN4O.C7H9NO2/c1-24-11-9-20(28,19(24)27)8-7-13-4-2-5-14(12-13)25-15-6-3-10-22-16(15)17(23-25)18(21)26;14-8-3-1-4-9(7-8)18-10-5-2-6-16-11(10)12(17-18)13(15)19;1-3-7(10)4-5-8(2)6(7)9/h2-6,10,12,28H,9,11H2,1H3,(H2,21,26);1-7H,(H2,15,19);1,10H,4-5H2,2H3/t20-;;7-/m0.0/s1. The van der Waals surface area contributed by atoms with Gasteiger partial charge in [-0.2, -0.15) is 10.2 Å². The summed E-state index contributed by atoms with van der Waals surface area (Å²) in [7, 11) is 3.26. The van der Waals surface area contributed by atoms with E-state index in [1.54, 1.807) is 78.3 Å². The Labute approximate surface area is 334 Å². The Balaban J connectivity index is 0.000000162. The highest BCUT2D eigenvalue weighted by Gasteiger charge is 2.43. The molecule has 6 aromatic rings. The summed E-state index contributed by atoms with van der Waals surface area (Å²) >= 11 is 3.41. The molecular weight excluding hydrogens is 796 g/mol. The van der Waals surface area contributed by atoms with Crippen molar-refractivity contribution in [2.75, 3.05) is 27.2 Å². The van der Waals surface area contributed by atoms with Crippen molar-refractivity contribution >= 4 is 61.6 Å². The van der Waals surface area contributed by atoms with E-state index in [-0.39, 0.29) is 23.7 Å². The summed E-state index contributed by atoms with van der Waals surface area (Å²) in [6.07, 6.45) is 8.77. The van der Waals surface area contributed by atoms with Crippen LogP contribution in [0.1, 0.15) is 39.4 Å². The van der Waals surface area contributed by atoms with Gasteiger partial charge in [-0.15, -0.1) is 6.42 Å². The third kappa shape index (κ3) is 8.07. The Morgan fingerprint density at radius 1 is 0.754 bits per heavy atom. The number of pyridine rings is 2. The number of nitrogens with two attached hydrogens (primary N) is 2. The molecule has 0 aliphatic carbocycles. The molecule has 4 aromatic heterocycles. The van der Waals surface area contributed by atoms with Crippen LogP contribution in [-0.2, 0) is 9.59 Å². The Bertz CT molecular complexity index is 2680. The molecule has 2 atom stereocenters. The van der Waals surface area contributed by atoms with Gasteiger partial charge in [0.15, 0.2) is 11.4 Å². The average Bonchev–Trinajstić information content (AvgIpc) is 3.94. The number of hydrogen-bond acceptors (Lipinski definition) is 10. The molecule has 2 aliphatic heterocycles. The summed E-state index contributed by atoms with van der Waals surface area (Å²) in [6, 6.07) is 21.9. The second-order valence-electron chi connectivity index (χ2n) is 13.1. The number of aromatic nitrogens is 6. The van der Waals surface area contributed by atoms with E-state index in [0.717, 1.165) is 15.7 Å². The molecule has 6 heterocycles. The first kappa shape index (κ1) is 39.8. The van der Waals surface area contributed by atoms with E-state index in [1.165, 1.54) is 9.80 Å². The maximum absolute atomic E-state index is 12.1. The van der Waals surface area contributed by atoms with Crippen LogP contribution in [0.3, 0.4) is 0 Å². The van der Waals surface area contributed by atoms with Crippen LogP contribution in [0.2, 0.25) is 0 Å². The third-order valence-corrected chi connectivity index (χ3v) is 9.65. The lowest BCUT2D eigenvalue weighted by Crippen LogP contribution is -2.37. The van der Waals surface area contributed by atoms with Crippen LogP contribution in [0.5, 0.6) is 0 Å². The van der Waals surface area contributed by atoms with Gasteiger partial charge in [0.2, 0.25) is 11.2 Å². The highest BCUT2D eigenvalue weighted by Crippen LogP contribution is 2.24. The second-order valence-corrected chi connectivity index (χ2v) is 14.0. The number of terminal acetylenes is 1. The topological polar surface area (TPSA) is 229 Å². The predicted octanol–water partition coefficient (Wildman–Crippen LogP) is 1.96. The Morgan fingerprint density at radius 3 is 1.68 bits per heavy atom. The maximum atomic E-state index is 12.1. The number of amides is 4. The molecule has 6 N–H and O–H groups in total. The number of aliphatic hydroxyl groups is 2. The van der Waals surface area contributed by atoms with E-state index in [1.807, 2.05) is 30.3 Å². The van der Waals surface area contributed by atoms with Crippen molar-refractivity contribution in [3.05, 3.63) is 107 Å². The van der Waals surface area contributed by atoms with E-state index in [0.29, 0.717) is 47.3 Å². The number of fused-ring (bicyclic) bond motifs is 2. The lowest BCUT2D eigenvalue weighted by atomic mass is 10.0. The highest BCUT2D eigenvalue weighted by molar-refractivity contribution is 9.10. The first-order valence-electron chi connectivity index (χ1n) is 17.3. The molecule has 2 saturated heterocycles. The Hall–Kier alpha value is -6.92. The summed E-state index contributed by atoms with van der Waals surface area (Å²) in [6.45, 7) is 1.01. The molecule has 288 valence electrons. The zero-order chi connectivity index (χ0) is 41.1. The SMILES string of the molecule is C#C[C@]1(O)CCN(C)C1=O.CN1CC[C@@](O)(C#Cc2cccc(-n3nc(C(N)=O)c4ncccc43)c2)C1=O.NC(=O)c1nn(-c2cccc(Br)c2)c2cccnc12. The van der Waals surface area contributed by atoms with E-state index in [4.69, 9.17) is 17.9 Å².